The molecule has 6 heteroatoms. The third-order valence-electron chi connectivity index (χ3n) is 3.62. The summed E-state index contributed by atoms with van der Waals surface area (Å²) in [6.07, 6.45) is 10.4. The monoisotopic (exact) mass is 286 g/mol. The Morgan fingerprint density at radius 1 is 1.25 bits per heavy atom. The molecule has 2 aliphatic heterocycles. The Labute approximate surface area is 123 Å². The highest BCUT2D eigenvalue weighted by Gasteiger charge is 2.53. The van der Waals surface area contributed by atoms with Crippen LogP contribution >= 0.6 is 0 Å². The molecule has 0 aromatic heterocycles. The highest BCUT2D eigenvalue weighted by atomic mass is 28.3. The summed E-state index contributed by atoms with van der Waals surface area (Å²) >= 11 is 0. The van der Waals surface area contributed by atoms with E-state index >= 15 is 0 Å². The van der Waals surface area contributed by atoms with Gasteiger partial charge in [-0.15, -0.1) is 0 Å². The SMILES string of the molecule is CC(C)(C)N1C=C2C=CC=CN2B1C(=[N+]=[N-])[Si](C)(C)C. The van der Waals surface area contributed by atoms with Gasteiger partial charge < -0.3 is 15.2 Å². The van der Waals surface area contributed by atoms with E-state index in [9.17, 15) is 5.53 Å². The van der Waals surface area contributed by atoms with Crippen LogP contribution in [0.2, 0.25) is 19.6 Å². The minimum absolute atomic E-state index is 0.0251. The molecule has 2 heterocycles. The molecule has 0 atom stereocenters. The van der Waals surface area contributed by atoms with E-state index in [4.69, 9.17) is 0 Å². The lowest BCUT2D eigenvalue weighted by Gasteiger charge is -2.37. The van der Waals surface area contributed by atoms with Crippen LogP contribution in [0.1, 0.15) is 20.8 Å². The summed E-state index contributed by atoms with van der Waals surface area (Å²) in [5, 5.41) is 0.902. The minimum atomic E-state index is -1.72. The van der Waals surface area contributed by atoms with Gasteiger partial charge in [0.2, 0.25) is 5.23 Å². The average molecular weight is 286 g/mol. The smallest absolute Gasteiger partial charge is 0.386 e. The third-order valence-corrected chi connectivity index (χ3v) is 5.51. The topological polar surface area (TPSA) is 42.9 Å². The van der Waals surface area contributed by atoms with Gasteiger partial charge in [-0.25, -0.2) is 0 Å². The van der Waals surface area contributed by atoms with Crippen LogP contribution in [0.4, 0.5) is 0 Å². The molecule has 2 rings (SSSR count). The van der Waals surface area contributed by atoms with Crippen molar-refractivity contribution in [1.82, 2.24) is 9.62 Å². The lowest BCUT2D eigenvalue weighted by atomic mass is 9.71. The number of fused-ring (bicyclic) bond motifs is 1. The van der Waals surface area contributed by atoms with Gasteiger partial charge in [-0.3, -0.25) is 0 Å². The molecule has 0 aromatic rings. The fourth-order valence-electron chi connectivity index (χ4n) is 2.56. The number of rotatable bonds is 2. The summed E-state index contributed by atoms with van der Waals surface area (Å²) in [4.78, 5) is 8.18. The fraction of sp³-hybridized carbons (Fsp3) is 0.500. The van der Waals surface area contributed by atoms with E-state index in [1.165, 1.54) is 0 Å². The van der Waals surface area contributed by atoms with Crippen LogP contribution in [0.3, 0.4) is 0 Å². The Morgan fingerprint density at radius 2 is 1.90 bits per heavy atom. The highest BCUT2D eigenvalue weighted by molar-refractivity contribution is 7.24. The van der Waals surface area contributed by atoms with Crippen molar-refractivity contribution in [2.45, 2.75) is 46.0 Å². The largest absolute Gasteiger partial charge is 0.500 e. The Bertz CT molecular complexity index is 545. The summed E-state index contributed by atoms with van der Waals surface area (Å²) in [5.41, 5.74) is 10.7. The molecule has 20 heavy (non-hydrogen) atoms. The van der Waals surface area contributed by atoms with Crippen LogP contribution in [0.25, 0.3) is 5.53 Å². The maximum Gasteiger partial charge on any atom is 0.500 e. The summed E-state index contributed by atoms with van der Waals surface area (Å²) < 4.78 is 0. The van der Waals surface area contributed by atoms with Gasteiger partial charge in [0.1, 0.15) is 0 Å². The predicted octanol–water partition coefficient (Wildman–Crippen LogP) is 2.90. The standard InChI is InChI=1S/C14H23BN4Si/c1-14(2,3)19-11-12-9-7-8-10-18(12)15(19)13(17-16)20(4,5)6/h7-11H,1-6H3. The number of hydrogen-bond donors (Lipinski definition) is 0. The quantitative estimate of drug-likeness (QED) is 0.339. The first-order chi connectivity index (χ1) is 9.16. The van der Waals surface area contributed by atoms with Crippen LogP contribution in [0, 0.1) is 0 Å². The zero-order chi connectivity index (χ0) is 15.1. The van der Waals surface area contributed by atoms with Crippen molar-refractivity contribution in [3.05, 3.63) is 41.9 Å². The molecule has 0 bridgehead atoms. The maximum absolute atomic E-state index is 9.60. The van der Waals surface area contributed by atoms with Crippen LogP contribution in [-0.4, -0.2) is 40.2 Å². The van der Waals surface area contributed by atoms with E-state index in [-0.39, 0.29) is 12.5 Å². The first-order valence-electron chi connectivity index (χ1n) is 7.02. The minimum Gasteiger partial charge on any atom is -0.386 e. The van der Waals surface area contributed by atoms with Crippen molar-refractivity contribution in [2.75, 3.05) is 0 Å². The summed E-state index contributed by atoms with van der Waals surface area (Å²) in [6, 6.07) is 0. The molecular formula is C14H23BN4Si. The van der Waals surface area contributed by atoms with Gasteiger partial charge in [-0.1, -0.05) is 25.7 Å². The van der Waals surface area contributed by atoms with Crippen LogP contribution in [-0.2, 0) is 0 Å². The summed E-state index contributed by atoms with van der Waals surface area (Å²) in [5.74, 6) is 0. The molecule has 0 aliphatic carbocycles. The predicted molar refractivity (Wildman–Crippen MR) is 87.5 cm³/mol. The zero-order valence-electron chi connectivity index (χ0n) is 13.3. The molecule has 2 aliphatic rings. The van der Waals surface area contributed by atoms with Gasteiger partial charge in [-0.2, -0.15) is 4.79 Å². The number of nitrogens with zero attached hydrogens (tertiary/aromatic N) is 4. The first-order valence-corrected chi connectivity index (χ1v) is 10.5. The van der Waals surface area contributed by atoms with E-state index in [1.807, 2.05) is 12.2 Å². The first kappa shape index (κ1) is 14.9. The molecule has 0 spiro atoms. The van der Waals surface area contributed by atoms with Gasteiger partial charge in [0, 0.05) is 17.4 Å². The van der Waals surface area contributed by atoms with E-state index in [1.54, 1.807) is 0 Å². The molecule has 0 amide bonds. The van der Waals surface area contributed by atoms with Crippen molar-refractivity contribution < 1.29 is 4.79 Å². The number of hydrogen-bond acceptors (Lipinski definition) is 2. The molecule has 106 valence electrons. The van der Waals surface area contributed by atoms with Crippen molar-refractivity contribution in [3.8, 4) is 0 Å². The van der Waals surface area contributed by atoms with Gasteiger partial charge in [0.25, 0.3) is 0 Å². The molecule has 0 fully saturated rings. The Morgan fingerprint density at radius 3 is 2.40 bits per heavy atom. The Balaban J connectivity index is 2.51. The van der Waals surface area contributed by atoms with Gasteiger partial charge in [-0.05, 0) is 39.1 Å². The molecule has 0 radical (unpaired) electrons. The fourth-order valence-corrected chi connectivity index (χ4v) is 3.91. The molecule has 0 unspecified atom stereocenters. The van der Waals surface area contributed by atoms with Gasteiger partial charge >= 0.3 is 6.98 Å². The van der Waals surface area contributed by atoms with Crippen molar-refractivity contribution in [1.29, 1.82) is 0 Å². The van der Waals surface area contributed by atoms with Crippen LogP contribution < -0.4 is 0 Å². The molecule has 4 nitrogen and oxygen atoms in total. The summed E-state index contributed by atoms with van der Waals surface area (Å²) in [7, 11) is -1.72. The lowest BCUT2D eigenvalue weighted by Crippen LogP contribution is -2.61. The molecule has 0 saturated heterocycles. The lowest BCUT2D eigenvalue weighted by molar-refractivity contribution is 0.00130. The van der Waals surface area contributed by atoms with Crippen LogP contribution in [0.15, 0.2) is 36.3 Å². The van der Waals surface area contributed by atoms with Gasteiger partial charge in [0.05, 0.1) is 0 Å². The second-order valence-electron chi connectivity index (χ2n) is 7.35. The van der Waals surface area contributed by atoms with E-state index in [0.717, 1.165) is 10.9 Å². The average Bonchev–Trinajstić information content (AvgIpc) is 2.68. The number of allylic oxidation sites excluding steroid dienone is 3. The normalized spacial score (nSPS) is 18.1. The maximum atomic E-state index is 9.60. The Kier molecular flexibility index (Phi) is 3.57. The van der Waals surface area contributed by atoms with Crippen molar-refractivity contribution >= 4 is 20.3 Å². The second kappa shape index (κ2) is 4.79. The zero-order valence-corrected chi connectivity index (χ0v) is 14.3. The van der Waals surface area contributed by atoms with E-state index in [0.29, 0.717) is 0 Å². The van der Waals surface area contributed by atoms with E-state index < -0.39 is 8.07 Å². The summed E-state index contributed by atoms with van der Waals surface area (Å²) in [6.45, 7) is 13.2. The molecular weight excluding hydrogens is 263 g/mol. The molecule has 0 aromatic carbocycles. The van der Waals surface area contributed by atoms with Crippen molar-refractivity contribution in [2.24, 2.45) is 0 Å². The van der Waals surface area contributed by atoms with E-state index in [2.05, 4.69) is 73.3 Å². The third kappa shape index (κ3) is 2.53. The Hall–Kier alpha value is -1.52. The van der Waals surface area contributed by atoms with Crippen LogP contribution in [0.5, 0.6) is 0 Å². The van der Waals surface area contributed by atoms with Gasteiger partial charge in [0.15, 0.2) is 8.07 Å². The second-order valence-corrected chi connectivity index (χ2v) is 12.4. The van der Waals surface area contributed by atoms with Crippen molar-refractivity contribution in [3.63, 3.8) is 0 Å². The highest BCUT2D eigenvalue weighted by Crippen LogP contribution is 2.31. The molecule has 0 saturated carbocycles. The molecule has 0 N–H and O–H groups in total.